The molecule has 1 aromatic rings. The third-order valence-corrected chi connectivity index (χ3v) is 3.71. The summed E-state index contributed by atoms with van der Waals surface area (Å²) in [6, 6.07) is 0.233. The molecule has 1 aromatic heterocycles. The molecule has 0 saturated carbocycles. The highest BCUT2D eigenvalue weighted by molar-refractivity contribution is 5.50. The van der Waals surface area contributed by atoms with Crippen molar-refractivity contribution in [2.24, 2.45) is 11.7 Å². The second-order valence-corrected chi connectivity index (χ2v) is 5.04. The average Bonchev–Trinajstić information content (AvgIpc) is 2.39. The third-order valence-electron chi connectivity index (χ3n) is 3.71. The number of hydrogen-bond acceptors (Lipinski definition) is 5. The van der Waals surface area contributed by atoms with Gasteiger partial charge in [-0.25, -0.2) is 9.97 Å². The van der Waals surface area contributed by atoms with Gasteiger partial charge in [0.1, 0.15) is 12.1 Å². The summed E-state index contributed by atoms with van der Waals surface area (Å²) < 4.78 is 5.25. The molecule has 2 N–H and O–H groups in total. The number of rotatable bonds is 3. The highest BCUT2D eigenvalue weighted by Gasteiger charge is 2.25. The Balaban J connectivity index is 2.20. The van der Waals surface area contributed by atoms with E-state index in [1.54, 1.807) is 13.4 Å². The molecule has 0 aliphatic carbocycles. The van der Waals surface area contributed by atoms with Crippen molar-refractivity contribution in [3.05, 3.63) is 11.9 Å². The Kier molecular flexibility index (Phi) is 4.01. The van der Waals surface area contributed by atoms with E-state index in [0.717, 1.165) is 30.9 Å². The molecule has 2 atom stereocenters. The van der Waals surface area contributed by atoms with Crippen molar-refractivity contribution in [3.8, 4) is 5.88 Å². The van der Waals surface area contributed by atoms with Gasteiger partial charge in [-0.3, -0.25) is 0 Å². The van der Waals surface area contributed by atoms with Gasteiger partial charge in [-0.2, -0.15) is 0 Å². The van der Waals surface area contributed by atoms with Gasteiger partial charge in [0.15, 0.2) is 0 Å². The molecule has 0 aromatic carbocycles. The van der Waals surface area contributed by atoms with Crippen molar-refractivity contribution < 1.29 is 4.74 Å². The largest absolute Gasteiger partial charge is 0.481 e. The second kappa shape index (κ2) is 5.52. The summed E-state index contributed by atoms with van der Waals surface area (Å²) >= 11 is 0. The summed E-state index contributed by atoms with van der Waals surface area (Å²) in [5.41, 5.74) is 7.02. The number of aromatic nitrogens is 2. The van der Waals surface area contributed by atoms with Crippen LogP contribution in [0.25, 0.3) is 0 Å². The molecule has 2 heterocycles. The van der Waals surface area contributed by atoms with Crippen molar-refractivity contribution in [3.63, 3.8) is 0 Å². The molecule has 1 aliphatic rings. The van der Waals surface area contributed by atoms with E-state index in [1.807, 2.05) is 6.92 Å². The van der Waals surface area contributed by atoms with Crippen LogP contribution in [0.1, 0.15) is 25.3 Å². The molecule has 5 heteroatoms. The fourth-order valence-corrected chi connectivity index (χ4v) is 2.58. The van der Waals surface area contributed by atoms with E-state index in [9.17, 15) is 0 Å². The number of anilines is 1. The molecule has 2 unspecified atom stereocenters. The van der Waals surface area contributed by atoms with E-state index in [0.29, 0.717) is 11.8 Å². The van der Waals surface area contributed by atoms with E-state index in [-0.39, 0.29) is 6.04 Å². The van der Waals surface area contributed by atoms with Crippen molar-refractivity contribution >= 4 is 5.82 Å². The summed E-state index contributed by atoms with van der Waals surface area (Å²) in [5, 5.41) is 0. The highest BCUT2D eigenvalue weighted by Crippen LogP contribution is 2.28. The van der Waals surface area contributed by atoms with E-state index < -0.39 is 0 Å². The Morgan fingerprint density at radius 2 is 2.28 bits per heavy atom. The van der Waals surface area contributed by atoms with Crippen LogP contribution in [-0.2, 0) is 0 Å². The molecule has 0 bridgehead atoms. The lowest BCUT2D eigenvalue weighted by Gasteiger charge is -2.36. The Bertz CT molecular complexity index is 408. The van der Waals surface area contributed by atoms with Crippen LogP contribution in [0, 0.1) is 12.8 Å². The number of piperidine rings is 1. The van der Waals surface area contributed by atoms with Crippen molar-refractivity contribution in [2.75, 3.05) is 25.1 Å². The second-order valence-electron chi connectivity index (χ2n) is 5.04. The van der Waals surface area contributed by atoms with Crippen LogP contribution in [0.5, 0.6) is 5.88 Å². The van der Waals surface area contributed by atoms with Gasteiger partial charge < -0.3 is 15.4 Å². The number of methoxy groups -OCH3 is 1. The number of ether oxygens (including phenoxy) is 1. The van der Waals surface area contributed by atoms with Gasteiger partial charge >= 0.3 is 0 Å². The fraction of sp³-hybridized carbons (Fsp3) is 0.692. The normalized spacial score (nSPS) is 21.8. The number of nitrogens with zero attached hydrogens (tertiary/aromatic N) is 3. The first-order valence-corrected chi connectivity index (χ1v) is 6.49. The van der Waals surface area contributed by atoms with Gasteiger partial charge in [-0.15, -0.1) is 0 Å². The molecular formula is C13H22N4O. The molecule has 18 heavy (non-hydrogen) atoms. The van der Waals surface area contributed by atoms with Crippen LogP contribution >= 0.6 is 0 Å². The Morgan fingerprint density at radius 1 is 1.50 bits per heavy atom. The van der Waals surface area contributed by atoms with Crippen LogP contribution in [0.3, 0.4) is 0 Å². The standard InChI is InChI=1S/C13H22N4O/c1-9-12(15-8-16-13(9)18-3)17-6-4-5-11(7-17)10(2)14/h8,10-11H,4-7,14H2,1-3H3. The van der Waals surface area contributed by atoms with Gasteiger partial charge in [-0.1, -0.05) is 0 Å². The first-order valence-electron chi connectivity index (χ1n) is 6.49. The smallest absolute Gasteiger partial charge is 0.221 e. The van der Waals surface area contributed by atoms with E-state index in [4.69, 9.17) is 10.5 Å². The maximum Gasteiger partial charge on any atom is 0.221 e. The highest BCUT2D eigenvalue weighted by atomic mass is 16.5. The zero-order valence-corrected chi connectivity index (χ0v) is 11.4. The maximum absolute atomic E-state index is 6.02. The summed E-state index contributed by atoms with van der Waals surface area (Å²) in [4.78, 5) is 10.8. The first kappa shape index (κ1) is 13.1. The molecule has 100 valence electrons. The summed E-state index contributed by atoms with van der Waals surface area (Å²) in [6.07, 6.45) is 3.93. The van der Waals surface area contributed by atoms with Crippen molar-refractivity contribution in [1.29, 1.82) is 0 Å². The molecule has 1 fully saturated rings. The molecular weight excluding hydrogens is 228 g/mol. The van der Waals surface area contributed by atoms with E-state index in [2.05, 4.69) is 21.8 Å². The van der Waals surface area contributed by atoms with Crippen molar-refractivity contribution in [2.45, 2.75) is 32.7 Å². The Hall–Kier alpha value is -1.36. The van der Waals surface area contributed by atoms with E-state index >= 15 is 0 Å². The van der Waals surface area contributed by atoms with Gasteiger partial charge in [0.05, 0.1) is 12.7 Å². The van der Waals surface area contributed by atoms with Crippen LogP contribution in [0.2, 0.25) is 0 Å². The van der Waals surface area contributed by atoms with Gasteiger partial charge in [0, 0.05) is 19.1 Å². The predicted molar refractivity (Wildman–Crippen MR) is 71.9 cm³/mol. The molecule has 1 aliphatic heterocycles. The lowest BCUT2D eigenvalue weighted by molar-refractivity contribution is 0.361. The van der Waals surface area contributed by atoms with Crippen LogP contribution in [0.4, 0.5) is 5.82 Å². The Morgan fingerprint density at radius 3 is 2.94 bits per heavy atom. The van der Waals surface area contributed by atoms with Gasteiger partial charge in [0.2, 0.25) is 5.88 Å². The van der Waals surface area contributed by atoms with Crippen LogP contribution < -0.4 is 15.4 Å². The third kappa shape index (κ3) is 2.56. The minimum absolute atomic E-state index is 0.233. The van der Waals surface area contributed by atoms with E-state index in [1.165, 1.54) is 6.42 Å². The molecule has 1 saturated heterocycles. The average molecular weight is 250 g/mol. The Labute approximate surface area is 108 Å². The van der Waals surface area contributed by atoms with Crippen LogP contribution in [0.15, 0.2) is 6.33 Å². The summed E-state index contributed by atoms with van der Waals surface area (Å²) in [5.74, 6) is 2.18. The summed E-state index contributed by atoms with van der Waals surface area (Å²) in [6.45, 7) is 6.09. The predicted octanol–water partition coefficient (Wildman–Crippen LogP) is 1.36. The topological polar surface area (TPSA) is 64.3 Å². The number of nitrogens with two attached hydrogens (primary N) is 1. The fourth-order valence-electron chi connectivity index (χ4n) is 2.58. The monoisotopic (exact) mass is 250 g/mol. The minimum atomic E-state index is 0.233. The van der Waals surface area contributed by atoms with Crippen LogP contribution in [-0.4, -0.2) is 36.2 Å². The zero-order valence-electron chi connectivity index (χ0n) is 11.4. The van der Waals surface area contributed by atoms with Gasteiger partial charge in [-0.05, 0) is 32.6 Å². The molecule has 0 amide bonds. The maximum atomic E-state index is 6.02. The quantitative estimate of drug-likeness (QED) is 0.877. The SMILES string of the molecule is COc1ncnc(N2CCCC(C(C)N)C2)c1C. The molecule has 5 nitrogen and oxygen atoms in total. The molecule has 0 spiro atoms. The summed E-state index contributed by atoms with van der Waals surface area (Å²) in [7, 11) is 1.64. The minimum Gasteiger partial charge on any atom is -0.481 e. The lowest BCUT2D eigenvalue weighted by Crippen LogP contribution is -2.43. The lowest BCUT2D eigenvalue weighted by atomic mass is 9.92. The number of hydrogen-bond donors (Lipinski definition) is 1. The zero-order chi connectivity index (χ0) is 13.1. The van der Waals surface area contributed by atoms with Crippen molar-refractivity contribution in [1.82, 2.24) is 9.97 Å². The molecule has 2 rings (SSSR count). The molecule has 0 radical (unpaired) electrons. The first-order chi connectivity index (χ1) is 8.63. The van der Waals surface area contributed by atoms with Gasteiger partial charge in [0.25, 0.3) is 0 Å².